The van der Waals surface area contributed by atoms with Gasteiger partial charge in [-0.2, -0.15) is 0 Å². The van der Waals surface area contributed by atoms with Crippen molar-refractivity contribution in [1.29, 1.82) is 0 Å². The van der Waals surface area contributed by atoms with E-state index < -0.39 is 29.4 Å². The second-order valence-corrected chi connectivity index (χ2v) is 9.72. The van der Waals surface area contributed by atoms with Gasteiger partial charge in [-0.15, -0.1) is 0 Å². The Morgan fingerprint density at radius 2 is 1.62 bits per heavy atom. The van der Waals surface area contributed by atoms with Crippen molar-refractivity contribution in [3.8, 4) is 0 Å². The molecule has 2 amide bonds. The van der Waals surface area contributed by atoms with Crippen LogP contribution in [0.2, 0.25) is 0 Å². The van der Waals surface area contributed by atoms with Gasteiger partial charge in [-0.25, -0.2) is 0 Å². The van der Waals surface area contributed by atoms with E-state index in [0.29, 0.717) is 0 Å². The second-order valence-electron chi connectivity index (χ2n) is 9.72. The van der Waals surface area contributed by atoms with Gasteiger partial charge in [0, 0.05) is 18.5 Å². The van der Waals surface area contributed by atoms with E-state index in [1.807, 2.05) is 72.8 Å². The van der Waals surface area contributed by atoms with Gasteiger partial charge in [0.25, 0.3) is 0 Å². The molecule has 2 N–H and O–H groups in total. The molecule has 176 valence electrons. The lowest BCUT2D eigenvalue weighted by atomic mass is 9.76. The SMILES string of the molecule is O=C1C2C(/C=C/c3ccccc3)NC(Cc3ccccc3)(C(=O)O)C2C(=O)N1C1CCCCC1. The van der Waals surface area contributed by atoms with Crippen molar-refractivity contribution in [3.63, 3.8) is 0 Å². The summed E-state index contributed by atoms with van der Waals surface area (Å²) in [6.07, 6.45) is 8.57. The molecule has 2 saturated heterocycles. The maximum absolute atomic E-state index is 13.8. The Labute approximate surface area is 199 Å². The van der Waals surface area contributed by atoms with Crippen molar-refractivity contribution >= 4 is 23.9 Å². The van der Waals surface area contributed by atoms with Gasteiger partial charge >= 0.3 is 5.97 Å². The van der Waals surface area contributed by atoms with Crippen LogP contribution in [0.5, 0.6) is 0 Å². The summed E-state index contributed by atoms with van der Waals surface area (Å²) in [5.41, 5.74) is 0.228. The number of hydrogen-bond donors (Lipinski definition) is 2. The molecule has 34 heavy (non-hydrogen) atoms. The molecule has 1 aliphatic carbocycles. The number of carboxylic acid groups (broad SMARTS) is 1. The molecule has 2 heterocycles. The van der Waals surface area contributed by atoms with Crippen LogP contribution >= 0.6 is 0 Å². The zero-order valence-electron chi connectivity index (χ0n) is 19.1. The third-order valence-electron chi connectivity index (χ3n) is 7.67. The van der Waals surface area contributed by atoms with E-state index in [9.17, 15) is 19.5 Å². The van der Waals surface area contributed by atoms with Crippen LogP contribution in [0.4, 0.5) is 0 Å². The number of rotatable bonds is 6. The van der Waals surface area contributed by atoms with E-state index in [1.54, 1.807) is 0 Å². The lowest BCUT2D eigenvalue weighted by Gasteiger charge is -2.34. The van der Waals surface area contributed by atoms with Gasteiger partial charge in [0.2, 0.25) is 11.8 Å². The number of nitrogens with one attached hydrogen (secondary N) is 1. The smallest absolute Gasteiger partial charge is 0.325 e. The van der Waals surface area contributed by atoms with E-state index in [4.69, 9.17) is 0 Å². The van der Waals surface area contributed by atoms with Crippen molar-refractivity contribution in [2.24, 2.45) is 11.8 Å². The van der Waals surface area contributed by atoms with E-state index in [-0.39, 0.29) is 24.3 Å². The number of nitrogens with zero attached hydrogens (tertiary/aromatic N) is 1. The van der Waals surface area contributed by atoms with Crippen LogP contribution in [0.25, 0.3) is 6.08 Å². The highest BCUT2D eigenvalue weighted by Gasteiger charge is 2.68. The van der Waals surface area contributed by atoms with E-state index >= 15 is 0 Å². The van der Waals surface area contributed by atoms with E-state index in [0.717, 1.165) is 43.2 Å². The Balaban J connectivity index is 1.55. The molecule has 6 heteroatoms. The summed E-state index contributed by atoms with van der Waals surface area (Å²) in [6, 6.07) is 18.4. The van der Waals surface area contributed by atoms with Gasteiger partial charge < -0.3 is 5.11 Å². The first-order valence-corrected chi connectivity index (χ1v) is 12.2. The molecule has 4 unspecified atom stereocenters. The fourth-order valence-corrected chi connectivity index (χ4v) is 6.07. The minimum atomic E-state index is -1.55. The maximum atomic E-state index is 13.8. The van der Waals surface area contributed by atoms with Gasteiger partial charge in [-0.1, -0.05) is 92.1 Å². The number of hydrogen-bond acceptors (Lipinski definition) is 4. The first-order valence-electron chi connectivity index (χ1n) is 12.2. The second kappa shape index (κ2) is 9.18. The Morgan fingerprint density at radius 1 is 0.971 bits per heavy atom. The highest BCUT2D eigenvalue weighted by atomic mass is 16.4. The predicted octanol–water partition coefficient (Wildman–Crippen LogP) is 3.67. The molecule has 2 aliphatic heterocycles. The summed E-state index contributed by atoms with van der Waals surface area (Å²) in [4.78, 5) is 41.8. The number of carbonyl (C=O) groups excluding carboxylic acids is 2. The third-order valence-corrected chi connectivity index (χ3v) is 7.67. The monoisotopic (exact) mass is 458 g/mol. The number of fused-ring (bicyclic) bond motifs is 1. The number of carboxylic acids is 1. The van der Waals surface area contributed by atoms with Gasteiger partial charge in [-0.3, -0.25) is 24.6 Å². The summed E-state index contributed by atoms with van der Waals surface area (Å²) >= 11 is 0. The number of imide groups is 1. The molecule has 0 bridgehead atoms. The van der Waals surface area contributed by atoms with E-state index in [2.05, 4.69) is 5.32 Å². The standard InChI is InChI=1S/C28H30N2O4/c31-25-23-22(17-16-19-10-4-1-5-11-19)29-28(27(33)34,18-20-12-6-2-7-13-20)24(23)26(32)30(25)21-14-8-3-9-15-21/h1-2,4-7,10-13,16-17,21-24,29H,3,8-9,14-15,18H2,(H,33,34)/b17-16+. The zero-order valence-corrected chi connectivity index (χ0v) is 19.1. The topological polar surface area (TPSA) is 86.7 Å². The third kappa shape index (κ3) is 3.86. The first-order chi connectivity index (χ1) is 16.5. The minimum absolute atomic E-state index is 0.124. The highest BCUT2D eigenvalue weighted by Crippen LogP contribution is 2.46. The molecule has 1 saturated carbocycles. The molecule has 2 aromatic rings. The molecular formula is C28H30N2O4. The van der Waals surface area contributed by atoms with Crippen molar-refractivity contribution in [1.82, 2.24) is 10.2 Å². The number of benzene rings is 2. The molecule has 5 rings (SSSR count). The molecule has 3 fully saturated rings. The van der Waals surface area contributed by atoms with Gasteiger partial charge in [0.15, 0.2) is 0 Å². The number of likely N-dealkylation sites (tertiary alicyclic amines) is 1. The first kappa shape index (κ1) is 22.5. The Kier molecular flexibility index (Phi) is 6.09. The van der Waals surface area contributed by atoms with Crippen LogP contribution in [0.1, 0.15) is 43.2 Å². The average Bonchev–Trinajstić information content (AvgIpc) is 3.33. The molecule has 3 aliphatic rings. The van der Waals surface area contributed by atoms with Gasteiger partial charge in [-0.05, 0) is 24.0 Å². The maximum Gasteiger partial charge on any atom is 0.325 e. The van der Waals surface area contributed by atoms with Crippen LogP contribution < -0.4 is 5.32 Å². The fourth-order valence-electron chi connectivity index (χ4n) is 6.07. The largest absolute Gasteiger partial charge is 0.480 e. The number of carbonyl (C=O) groups is 3. The molecule has 6 nitrogen and oxygen atoms in total. The van der Waals surface area contributed by atoms with Crippen LogP contribution in [-0.2, 0) is 20.8 Å². The Bertz CT molecular complexity index is 1090. The molecular weight excluding hydrogens is 428 g/mol. The van der Waals surface area contributed by atoms with Crippen LogP contribution in [0, 0.1) is 11.8 Å². The van der Waals surface area contributed by atoms with Crippen LogP contribution in [0.3, 0.4) is 0 Å². The quantitative estimate of drug-likeness (QED) is 0.645. The zero-order chi connectivity index (χ0) is 23.7. The lowest BCUT2D eigenvalue weighted by molar-refractivity contribution is -0.152. The molecule has 4 atom stereocenters. The van der Waals surface area contributed by atoms with Crippen LogP contribution in [-0.4, -0.2) is 45.4 Å². The Morgan fingerprint density at radius 3 is 2.26 bits per heavy atom. The van der Waals surface area contributed by atoms with Crippen molar-refractivity contribution < 1.29 is 19.5 Å². The van der Waals surface area contributed by atoms with Crippen molar-refractivity contribution in [2.45, 2.75) is 56.1 Å². The van der Waals surface area contributed by atoms with Crippen molar-refractivity contribution in [2.75, 3.05) is 0 Å². The van der Waals surface area contributed by atoms with Gasteiger partial charge in [0.1, 0.15) is 5.54 Å². The normalized spacial score (nSPS) is 29.6. The van der Waals surface area contributed by atoms with Crippen LogP contribution in [0.15, 0.2) is 66.7 Å². The molecule has 0 spiro atoms. The summed E-state index contributed by atoms with van der Waals surface area (Å²) in [5, 5.41) is 13.8. The number of aliphatic carboxylic acids is 1. The number of amides is 2. The molecule has 0 aromatic heterocycles. The summed E-state index contributed by atoms with van der Waals surface area (Å²) in [5.74, 6) is -3.32. The Hall–Kier alpha value is -3.25. The summed E-state index contributed by atoms with van der Waals surface area (Å²) in [6.45, 7) is 0. The van der Waals surface area contributed by atoms with E-state index in [1.165, 1.54) is 4.90 Å². The minimum Gasteiger partial charge on any atom is -0.480 e. The summed E-state index contributed by atoms with van der Waals surface area (Å²) in [7, 11) is 0. The highest BCUT2D eigenvalue weighted by molar-refractivity contribution is 6.10. The molecule has 2 aromatic carbocycles. The van der Waals surface area contributed by atoms with Gasteiger partial charge in [0.05, 0.1) is 11.8 Å². The predicted molar refractivity (Wildman–Crippen MR) is 129 cm³/mol. The average molecular weight is 459 g/mol. The fraction of sp³-hybridized carbons (Fsp3) is 0.393. The summed E-state index contributed by atoms with van der Waals surface area (Å²) < 4.78 is 0. The lowest BCUT2D eigenvalue weighted by Crippen LogP contribution is -2.58. The molecule has 0 radical (unpaired) electrons. The van der Waals surface area contributed by atoms with Crippen molar-refractivity contribution in [3.05, 3.63) is 77.9 Å².